The van der Waals surface area contributed by atoms with E-state index in [4.69, 9.17) is 21.6 Å². The molecule has 1 aliphatic heterocycles. The number of nitrogens with zero attached hydrogens (tertiary/aromatic N) is 4. The number of aromatic nitrogens is 3. The SMILES string of the molecule is Cc1ccc(S(=O)(=O)N2CCC(n3c(-c4ccccc4Cl)nc4ccc(C)nc43)CC2)cc1. The molecule has 0 amide bonds. The molecule has 2 aromatic carbocycles. The van der Waals surface area contributed by atoms with Gasteiger partial charge in [0.1, 0.15) is 11.3 Å². The number of fused-ring (bicyclic) bond motifs is 1. The highest BCUT2D eigenvalue weighted by atomic mass is 35.5. The van der Waals surface area contributed by atoms with Crippen LogP contribution < -0.4 is 0 Å². The zero-order chi connectivity index (χ0) is 23.2. The molecule has 0 spiro atoms. The lowest BCUT2D eigenvalue weighted by atomic mass is 10.1. The van der Waals surface area contributed by atoms with Gasteiger partial charge in [0.05, 0.1) is 9.92 Å². The molecule has 1 fully saturated rings. The zero-order valence-electron chi connectivity index (χ0n) is 18.6. The molecule has 1 aliphatic rings. The number of halogens is 1. The fourth-order valence-electron chi connectivity index (χ4n) is 4.45. The van der Waals surface area contributed by atoms with E-state index in [0.717, 1.165) is 33.8 Å². The fourth-order valence-corrected chi connectivity index (χ4v) is 6.14. The maximum Gasteiger partial charge on any atom is 0.243 e. The predicted octanol–water partition coefficient (Wildman–Crippen LogP) is 5.39. The van der Waals surface area contributed by atoms with Crippen LogP contribution in [0.1, 0.15) is 30.1 Å². The van der Waals surface area contributed by atoms with Crippen molar-refractivity contribution in [3.8, 4) is 11.4 Å². The highest BCUT2D eigenvalue weighted by Gasteiger charge is 2.32. The largest absolute Gasteiger partial charge is 0.305 e. The van der Waals surface area contributed by atoms with Gasteiger partial charge in [-0.15, -0.1) is 0 Å². The molecule has 1 saturated heterocycles. The molecule has 6 nitrogen and oxygen atoms in total. The number of hydrogen-bond acceptors (Lipinski definition) is 4. The van der Waals surface area contributed by atoms with Crippen molar-refractivity contribution in [2.45, 2.75) is 37.6 Å². The number of piperidine rings is 1. The lowest BCUT2D eigenvalue weighted by molar-refractivity contribution is 0.278. The van der Waals surface area contributed by atoms with Gasteiger partial charge in [-0.05, 0) is 63.1 Å². The highest BCUT2D eigenvalue weighted by Crippen LogP contribution is 2.36. The summed E-state index contributed by atoms with van der Waals surface area (Å²) in [4.78, 5) is 9.98. The first kappa shape index (κ1) is 22.1. The van der Waals surface area contributed by atoms with Crippen LogP contribution in [0.2, 0.25) is 5.02 Å². The van der Waals surface area contributed by atoms with Gasteiger partial charge in [0.25, 0.3) is 0 Å². The second kappa shape index (κ2) is 8.56. The summed E-state index contributed by atoms with van der Waals surface area (Å²) in [5.41, 5.74) is 4.42. The summed E-state index contributed by atoms with van der Waals surface area (Å²) in [6, 6.07) is 18.7. The number of aryl methyl sites for hydroxylation is 2. The Labute approximate surface area is 198 Å². The molecular formula is C25H25ClN4O2S. The maximum absolute atomic E-state index is 13.2. The first-order valence-corrected chi connectivity index (χ1v) is 12.8. The van der Waals surface area contributed by atoms with Crippen LogP contribution >= 0.6 is 11.6 Å². The molecule has 0 bridgehead atoms. The minimum Gasteiger partial charge on any atom is -0.305 e. The third-order valence-corrected chi connectivity index (χ3v) is 8.48. The van der Waals surface area contributed by atoms with Crippen LogP contribution in [0.4, 0.5) is 0 Å². The molecule has 2 aromatic heterocycles. The summed E-state index contributed by atoms with van der Waals surface area (Å²) in [6.07, 6.45) is 1.34. The molecule has 0 unspecified atom stereocenters. The Morgan fingerprint density at radius 3 is 2.30 bits per heavy atom. The molecular weight excluding hydrogens is 456 g/mol. The summed E-state index contributed by atoms with van der Waals surface area (Å²) in [6.45, 7) is 4.79. The van der Waals surface area contributed by atoms with Gasteiger partial charge in [-0.3, -0.25) is 0 Å². The monoisotopic (exact) mass is 480 g/mol. The van der Waals surface area contributed by atoms with E-state index in [-0.39, 0.29) is 6.04 Å². The van der Waals surface area contributed by atoms with Crippen molar-refractivity contribution in [2.75, 3.05) is 13.1 Å². The fraction of sp³-hybridized carbons (Fsp3) is 0.280. The minimum atomic E-state index is -3.52. The van der Waals surface area contributed by atoms with E-state index >= 15 is 0 Å². The predicted molar refractivity (Wildman–Crippen MR) is 131 cm³/mol. The van der Waals surface area contributed by atoms with E-state index in [1.54, 1.807) is 16.4 Å². The second-order valence-corrected chi connectivity index (χ2v) is 10.9. The third kappa shape index (κ3) is 4.05. The number of benzene rings is 2. The van der Waals surface area contributed by atoms with Crippen molar-refractivity contribution in [3.05, 3.63) is 76.9 Å². The number of hydrogen-bond donors (Lipinski definition) is 0. The Kier molecular flexibility index (Phi) is 5.72. The Hall–Kier alpha value is -2.74. The lowest BCUT2D eigenvalue weighted by Gasteiger charge is -2.32. The van der Waals surface area contributed by atoms with Crippen molar-refractivity contribution < 1.29 is 8.42 Å². The van der Waals surface area contributed by atoms with Crippen LogP contribution in [0.25, 0.3) is 22.6 Å². The van der Waals surface area contributed by atoms with E-state index in [0.29, 0.717) is 35.8 Å². The highest BCUT2D eigenvalue weighted by molar-refractivity contribution is 7.89. The average Bonchev–Trinajstić information content (AvgIpc) is 3.18. The lowest BCUT2D eigenvalue weighted by Crippen LogP contribution is -2.39. The summed E-state index contributed by atoms with van der Waals surface area (Å²) in [7, 11) is -3.52. The van der Waals surface area contributed by atoms with E-state index < -0.39 is 10.0 Å². The quantitative estimate of drug-likeness (QED) is 0.392. The van der Waals surface area contributed by atoms with Crippen LogP contribution in [0, 0.1) is 13.8 Å². The van der Waals surface area contributed by atoms with E-state index in [9.17, 15) is 8.42 Å². The first-order chi connectivity index (χ1) is 15.8. The summed E-state index contributed by atoms with van der Waals surface area (Å²) in [5.74, 6) is 0.772. The van der Waals surface area contributed by atoms with Gasteiger partial charge in [0, 0.05) is 30.4 Å². The molecule has 3 heterocycles. The van der Waals surface area contributed by atoms with Crippen LogP contribution in [0.5, 0.6) is 0 Å². The van der Waals surface area contributed by atoms with Gasteiger partial charge < -0.3 is 4.57 Å². The third-order valence-electron chi connectivity index (χ3n) is 6.24. The van der Waals surface area contributed by atoms with Gasteiger partial charge in [0.2, 0.25) is 10.0 Å². The van der Waals surface area contributed by atoms with Crippen LogP contribution in [-0.2, 0) is 10.0 Å². The molecule has 0 radical (unpaired) electrons. The first-order valence-electron chi connectivity index (χ1n) is 11.0. The van der Waals surface area contributed by atoms with Crippen molar-refractivity contribution in [1.82, 2.24) is 18.8 Å². The molecule has 33 heavy (non-hydrogen) atoms. The maximum atomic E-state index is 13.2. The topological polar surface area (TPSA) is 68.1 Å². The van der Waals surface area contributed by atoms with Crippen LogP contribution in [-0.4, -0.2) is 40.3 Å². The van der Waals surface area contributed by atoms with Gasteiger partial charge in [0.15, 0.2) is 5.65 Å². The van der Waals surface area contributed by atoms with Crippen molar-refractivity contribution in [3.63, 3.8) is 0 Å². The van der Waals surface area contributed by atoms with E-state index in [1.807, 2.05) is 62.4 Å². The van der Waals surface area contributed by atoms with E-state index in [1.165, 1.54) is 0 Å². The molecule has 0 atom stereocenters. The van der Waals surface area contributed by atoms with Crippen molar-refractivity contribution >= 4 is 32.8 Å². The molecule has 4 aromatic rings. The second-order valence-electron chi connectivity index (χ2n) is 8.53. The summed E-state index contributed by atoms with van der Waals surface area (Å²) >= 11 is 6.53. The van der Waals surface area contributed by atoms with Gasteiger partial charge in [-0.1, -0.05) is 41.4 Å². The van der Waals surface area contributed by atoms with Gasteiger partial charge in [-0.2, -0.15) is 4.31 Å². The molecule has 0 N–H and O–H groups in total. The summed E-state index contributed by atoms with van der Waals surface area (Å²) < 4.78 is 30.1. The number of rotatable bonds is 4. The Balaban J connectivity index is 1.50. The zero-order valence-corrected chi connectivity index (χ0v) is 20.1. The smallest absolute Gasteiger partial charge is 0.243 e. The Morgan fingerprint density at radius 1 is 0.909 bits per heavy atom. The van der Waals surface area contributed by atoms with Gasteiger partial charge >= 0.3 is 0 Å². The van der Waals surface area contributed by atoms with Gasteiger partial charge in [-0.25, -0.2) is 18.4 Å². The molecule has 170 valence electrons. The normalized spacial score (nSPS) is 15.8. The Morgan fingerprint density at radius 2 is 1.61 bits per heavy atom. The Bertz CT molecular complexity index is 1420. The number of pyridine rings is 1. The van der Waals surface area contributed by atoms with Crippen molar-refractivity contribution in [2.24, 2.45) is 0 Å². The molecule has 0 aliphatic carbocycles. The van der Waals surface area contributed by atoms with E-state index in [2.05, 4.69) is 4.57 Å². The van der Waals surface area contributed by atoms with Crippen molar-refractivity contribution in [1.29, 1.82) is 0 Å². The number of imidazole rings is 1. The molecule has 5 rings (SSSR count). The standard InChI is InChI=1S/C25H25ClN4O2S/c1-17-7-10-20(11-8-17)33(31,32)29-15-13-19(14-16-29)30-24(21-5-3-4-6-22(21)26)28-23-12-9-18(2)27-25(23)30/h3-12,19H,13-16H2,1-2H3. The average molecular weight is 481 g/mol. The minimum absolute atomic E-state index is 0.0695. The van der Waals surface area contributed by atoms with Crippen LogP contribution in [0.3, 0.4) is 0 Å². The molecule has 0 saturated carbocycles. The number of sulfonamides is 1. The molecule has 8 heteroatoms. The van der Waals surface area contributed by atoms with Crippen LogP contribution in [0.15, 0.2) is 65.6 Å². The summed E-state index contributed by atoms with van der Waals surface area (Å²) in [5, 5.41) is 0.630.